The molecule has 0 heterocycles. The van der Waals surface area contributed by atoms with Gasteiger partial charge in [-0.25, -0.2) is 8.78 Å². The third-order valence-corrected chi connectivity index (χ3v) is 5.07. The molecular formula is C19H29F2N3O. The fourth-order valence-corrected chi connectivity index (χ4v) is 3.51. The van der Waals surface area contributed by atoms with Crippen LogP contribution in [0.3, 0.4) is 0 Å². The van der Waals surface area contributed by atoms with Crippen LogP contribution in [0.2, 0.25) is 0 Å². The Hall–Kier alpha value is -1.69. The van der Waals surface area contributed by atoms with Gasteiger partial charge < -0.3 is 15.4 Å². The van der Waals surface area contributed by atoms with Crippen molar-refractivity contribution < 1.29 is 13.5 Å². The first-order chi connectivity index (χ1) is 12.1. The summed E-state index contributed by atoms with van der Waals surface area (Å²) >= 11 is 0. The maximum absolute atomic E-state index is 13.7. The Kier molecular flexibility index (Phi) is 7.62. The van der Waals surface area contributed by atoms with Gasteiger partial charge in [0.15, 0.2) is 17.6 Å². The smallest absolute Gasteiger partial charge is 0.191 e. The highest BCUT2D eigenvalue weighted by atomic mass is 19.2. The largest absolute Gasteiger partial charge is 0.385 e. The van der Waals surface area contributed by atoms with Crippen molar-refractivity contribution in [1.29, 1.82) is 0 Å². The Morgan fingerprint density at radius 3 is 2.68 bits per heavy atom. The Labute approximate surface area is 149 Å². The minimum absolute atomic E-state index is 0.266. The monoisotopic (exact) mass is 353 g/mol. The van der Waals surface area contributed by atoms with Crippen molar-refractivity contribution in [2.24, 2.45) is 10.4 Å². The molecule has 0 spiro atoms. The minimum Gasteiger partial charge on any atom is -0.385 e. The fourth-order valence-electron chi connectivity index (χ4n) is 3.51. The molecule has 1 aliphatic rings. The summed E-state index contributed by atoms with van der Waals surface area (Å²) in [6.07, 6.45) is 6.37. The van der Waals surface area contributed by atoms with Crippen LogP contribution in [0.15, 0.2) is 23.2 Å². The summed E-state index contributed by atoms with van der Waals surface area (Å²) in [6, 6.07) is 4.27. The number of nitrogens with one attached hydrogen (secondary N) is 2. The van der Waals surface area contributed by atoms with Crippen molar-refractivity contribution in [3.63, 3.8) is 0 Å². The Balaban J connectivity index is 1.81. The number of nitrogens with zero attached hydrogens (tertiary/aromatic N) is 1. The number of aliphatic imine (C=N–C) groups is 1. The van der Waals surface area contributed by atoms with Crippen LogP contribution in [0.1, 0.15) is 37.7 Å². The molecule has 0 amide bonds. The van der Waals surface area contributed by atoms with Crippen molar-refractivity contribution in [3.8, 4) is 0 Å². The van der Waals surface area contributed by atoms with Gasteiger partial charge in [0.05, 0.1) is 0 Å². The lowest BCUT2D eigenvalue weighted by atomic mass is 9.83. The fraction of sp³-hybridized carbons (Fsp3) is 0.632. The number of hydrogen-bond acceptors (Lipinski definition) is 2. The molecule has 0 saturated heterocycles. The van der Waals surface area contributed by atoms with Crippen LogP contribution < -0.4 is 10.6 Å². The van der Waals surface area contributed by atoms with E-state index >= 15 is 0 Å². The number of rotatable bonds is 8. The molecule has 0 aromatic heterocycles. The third kappa shape index (κ3) is 5.66. The first-order valence-corrected chi connectivity index (χ1v) is 8.96. The molecule has 2 rings (SSSR count). The van der Waals surface area contributed by atoms with Crippen LogP contribution in [-0.2, 0) is 11.2 Å². The molecule has 0 atom stereocenters. The maximum Gasteiger partial charge on any atom is 0.191 e. The SMILES string of the molecule is CN=C(NCCc1cccc(F)c1F)NCC1(CCOC)CCCC1. The summed E-state index contributed by atoms with van der Waals surface area (Å²) in [5.41, 5.74) is 0.637. The van der Waals surface area contributed by atoms with E-state index in [9.17, 15) is 8.78 Å². The highest BCUT2D eigenvalue weighted by molar-refractivity contribution is 5.79. The van der Waals surface area contributed by atoms with E-state index in [0.29, 0.717) is 24.5 Å². The molecule has 140 valence electrons. The van der Waals surface area contributed by atoms with Crippen molar-refractivity contribution in [1.82, 2.24) is 10.6 Å². The van der Waals surface area contributed by atoms with Gasteiger partial charge in [-0.05, 0) is 42.7 Å². The molecule has 1 aromatic carbocycles. The normalized spacial score (nSPS) is 16.9. The van der Waals surface area contributed by atoms with Gasteiger partial charge in [-0.15, -0.1) is 0 Å². The van der Waals surface area contributed by atoms with E-state index < -0.39 is 11.6 Å². The second-order valence-corrected chi connectivity index (χ2v) is 6.77. The first-order valence-electron chi connectivity index (χ1n) is 8.96. The lowest BCUT2D eigenvalue weighted by Gasteiger charge is -2.30. The highest BCUT2D eigenvalue weighted by Gasteiger charge is 2.33. The molecule has 0 radical (unpaired) electrons. The average Bonchev–Trinajstić information content (AvgIpc) is 3.09. The quantitative estimate of drug-likeness (QED) is 0.557. The molecule has 1 aromatic rings. The van der Waals surface area contributed by atoms with E-state index in [4.69, 9.17) is 4.74 Å². The molecular weight excluding hydrogens is 324 g/mol. The number of guanidine groups is 1. The summed E-state index contributed by atoms with van der Waals surface area (Å²) < 4.78 is 32.2. The minimum atomic E-state index is -0.804. The van der Waals surface area contributed by atoms with Crippen molar-refractivity contribution in [3.05, 3.63) is 35.4 Å². The molecule has 1 aliphatic carbocycles. The Morgan fingerprint density at radius 1 is 1.24 bits per heavy atom. The maximum atomic E-state index is 13.7. The van der Waals surface area contributed by atoms with Crippen LogP contribution >= 0.6 is 0 Å². The van der Waals surface area contributed by atoms with E-state index in [0.717, 1.165) is 25.6 Å². The predicted octanol–water partition coefficient (Wildman–Crippen LogP) is 3.27. The summed E-state index contributed by atoms with van der Waals surface area (Å²) in [4.78, 5) is 4.23. The zero-order chi connectivity index (χ0) is 18.1. The molecule has 25 heavy (non-hydrogen) atoms. The van der Waals surface area contributed by atoms with Crippen LogP contribution in [-0.4, -0.2) is 39.8 Å². The first kappa shape index (κ1) is 19.6. The van der Waals surface area contributed by atoms with Crippen molar-refractivity contribution >= 4 is 5.96 Å². The van der Waals surface area contributed by atoms with Crippen LogP contribution in [0.25, 0.3) is 0 Å². The topological polar surface area (TPSA) is 45.7 Å². The van der Waals surface area contributed by atoms with Gasteiger partial charge in [-0.1, -0.05) is 25.0 Å². The lowest BCUT2D eigenvalue weighted by molar-refractivity contribution is 0.138. The van der Waals surface area contributed by atoms with Crippen molar-refractivity contribution in [2.45, 2.75) is 38.5 Å². The van der Waals surface area contributed by atoms with Gasteiger partial charge >= 0.3 is 0 Å². The van der Waals surface area contributed by atoms with E-state index in [-0.39, 0.29) is 5.41 Å². The molecule has 0 unspecified atom stereocenters. The van der Waals surface area contributed by atoms with Gasteiger partial charge in [-0.3, -0.25) is 4.99 Å². The van der Waals surface area contributed by atoms with Gasteiger partial charge in [0, 0.05) is 33.9 Å². The van der Waals surface area contributed by atoms with E-state index in [2.05, 4.69) is 15.6 Å². The molecule has 0 bridgehead atoms. The summed E-state index contributed by atoms with van der Waals surface area (Å²) in [7, 11) is 3.46. The van der Waals surface area contributed by atoms with E-state index in [1.807, 2.05) is 0 Å². The zero-order valence-electron chi connectivity index (χ0n) is 15.2. The number of hydrogen-bond donors (Lipinski definition) is 2. The van der Waals surface area contributed by atoms with Gasteiger partial charge in [0.2, 0.25) is 0 Å². The predicted molar refractivity (Wildman–Crippen MR) is 96.8 cm³/mol. The van der Waals surface area contributed by atoms with Gasteiger partial charge in [-0.2, -0.15) is 0 Å². The zero-order valence-corrected chi connectivity index (χ0v) is 15.2. The summed E-state index contributed by atoms with van der Waals surface area (Å²) in [6.45, 7) is 2.11. The van der Waals surface area contributed by atoms with E-state index in [1.165, 1.54) is 31.7 Å². The van der Waals surface area contributed by atoms with Crippen LogP contribution in [0.4, 0.5) is 8.78 Å². The Morgan fingerprint density at radius 2 is 2.00 bits per heavy atom. The van der Waals surface area contributed by atoms with Gasteiger partial charge in [0.25, 0.3) is 0 Å². The number of ether oxygens (including phenoxy) is 1. The highest BCUT2D eigenvalue weighted by Crippen LogP contribution is 2.40. The Bertz CT molecular complexity index is 572. The molecule has 0 aliphatic heterocycles. The number of methoxy groups -OCH3 is 1. The second kappa shape index (κ2) is 9.70. The summed E-state index contributed by atoms with van der Waals surface area (Å²) in [5.74, 6) is -0.876. The average molecular weight is 353 g/mol. The second-order valence-electron chi connectivity index (χ2n) is 6.77. The molecule has 6 heteroatoms. The number of halogens is 2. The number of benzene rings is 1. The molecule has 1 saturated carbocycles. The standard InChI is InChI=1S/C19H29F2N3O/c1-22-18(23-12-8-15-6-5-7-16(20)17(15)21)24-14-19(11-13-25-2)9-3-4-10-19/h5-7H,3-4,8-14H2,1-2H3,(H2,22,23,24). The molecule has 2 N–H and O–H groups in total. The van der Waals surface area contributed by atoms with Crippen LogP contribution in [0.5, 0.6) is 0 Å². The molecule has 1 fully saturated rings. The molecule has 4 nitrogen and oxygen atoms in total. The third-order valence-electron chi connectivity index (χ3n) is 5.07. The summed E-state index contributed by atoms with van der Waals surface area (Å²) in [5, 5.41) is 6.57. The van der Waals surface area contributed by atoms with Crippen molar-refractivity contribution in [2.75, 3.05) is 33.9 Å². The van der Waals surface area contributed by atoms with E-state index in [1.54, 1.807) is 20.2 Å². The van der Waals surface area contributed by atoms with Crippen LogP contribution in [0, 0.1) is 17.0 Å². The lowest BCUT2D eigenvalue weighted by Crippen LogP contribution is -2.44. The van der Waals surface area contributed by atoms with Gasteiger partial charge in [0.1, 0.15) is 0 Å².